The van der Waals surface area contributed by atoms with Crippen LogP contribution in [-0.2, 0) is 4.79 Å². The number of carbonyl (C=O) groups excluding carboxylic acids is 1. The van der Waals surface area contributed by atoms with Gasteiger partial charge in [-0.1, -0.05) is 18.2 Å². The van der Waals surface area contributed by atoms with Crippen molar-refractivity contribution in [3.63, 3.8) is 0 Å². The van der Waals surface area contributed by atoms with Gasteiger partial charge in [-0.3, -0.25) is 9.10 Å². The molecule has 1 aromatic rings. The molecule has 0 saturated carbocycles. The molecule has 2 nitrogen and oxygen atoms in total. The molecule has 0 unspecified atom stereocenters. The van der Waals surface area contributed by atoms with Crippen molar-refractivity contribution in [1.29, 1.82) is 0 Å². The maximum absolute atomic E-state index is 11.9. The van der Waals surface area contributed by atoms with E-state index in [0.29, 0.717) is 6.42 Å². The van der Waals surface area contributed by atoms with Crippen molar-refractivity contribution in [1.82, 2.24) is 4.31 Å². The van der Waals surface area contributed by atoms with Gasteiger partial charge in [-0.25, -0.2) is 0 Å². The fourth-order valence-corrected chi connectivity index (χ4v) is 3.00. The van der Waals surface area contributed by atoms with Gasteiger partial charge >= 0.3 is 0 Å². The van der Waals surface area contributed by atoms with Crippen LogP contribution in [0, 0.1) is 0 Å². The Hall–Kier alpha value is -0.960. The van der Waals surface area contributed by atoms with Gasteiger partial charge in [0.05, 0.1) is 0 Å². The first-order valence-electron chi connectivity index (χ1n) is 5.66. The van der Waals surface area contributed by atoms with Gasteiger partial charge in [0.1, 0.15) is 0 Å². The minimum absolute atomic E-state index is 0.0319. The summed E-state index contributed by atoms with van der Waals surface area (Å²) in [5.74, 6) is 0.255. The maximum Gasteiger partial charge on any atom is 0.233 e. The van der Waals surface area contributed by atoms with E-state index in [0.717, 1.165) is 17.7 Å². The molecule has 0 radical (unpaired) electrons. The van der Waals surface area contributed by atoms with E-state index in [2.05, 4.69) is 13.8 Å². The highest BCUT2D eigenvalue weighted by atomic mass is 32.2. The smallest absolute Gasteiger partial charge is 0.233 e. The van der Waals surface area contributed by atoms with E-state index < -0.39 is 0 Å². The van der Waals surface area contributed by atoms with Crippen LogP contribution in [0.15, 0.2) is 35.2 Å². The standard InChI is InChI=1S/C13H17NOS/c1-13(2)10-6-9-12(15)14(13)16-11-7-4-3-5-8-11/h3-5,7-8H,6,9-10H2,1-2H3. The van der Waals surface area contributed by atoms with Gasteiger partial charge in [0.15, 0.2) is 0 Å². The number of rotatable bonds is 2. The van der Waals surface area contributed by atoms with Crippen LogP contribution >= 0.6 is 11.9 Å². The van der Waals surface area contributed by atoms with Crippen LogP contribution in [0.4, 0.5) is 0 Å². The molecule has 0 aliphatic carbocycles. The highest BCUT2D eigenvalue weighted by molar-refractivity contribution is 7.97. The van der Waals surface area contributed by atoms with Crippen LogP contribution < -0.4 is 0 Å². The lowest BCUT2D eigenvalue weighted by molar-refractivity contribution is -0.132. The van der Waals surface area contributed by atoms with Crippen molar-refractivity contribution >= 4 is 17.9 Å². The van der Waals surface area contributed by atoms with E-state index in [-0.39, 0.29) is 11.4 Å². The molecule has 1 aliphatic heterocycles. The van der Waals surface area contributed by atoms with Crippen molar-refractivity contribution in [2.75, 3.05) is 0 Å². The maximum atomic E-state index is 11.9. The topological polar surface area (TPSA) is 20.3 Å². The van der Waals surface area contributed by atoms with E-state index in [1.807, 2.05) is 34.6 Å². The number of hydrogen-bond donors (Lipinski definition) is 0. The van der Waals surface area contributed by atoms with E-state index in [4.69, 9.17) is 0 Å². The first kappa shape index (κ1) is 11.5. The largest absolute Gasteiger partial charge is 0.277 e. The third kappa shape index (κ3) is 2.40. The fraction of sp³-hybridized carbons (Fsp3) is 0.462. The molecule has 0 spiro atoms. The molecule has 86 valence electrons. The first-order valence-corrected chi connectivity index (χ1v) is 6.43. The number of nitrogens with zero attached hydrogens (tertiary/aromatic N) is 1. The summed E-state index contributed by atoms with van der Waals surface area (Å²) in [4.78, 5) is 13.0. The quantitative estimate of drug-likeness (QED) is 0.731. The Bertz CT molecular complexity index is 375. The number of carbonyl (C=O) groups is 1. The molecular formula is C13H17NOS. The molecule has 0 N–H and O–H groups in total. The SMILES string of the molecule is CC1(C)CCCC(=O)N1Sc1ccccc1. The Kier molecular flexibility index (Phi) is 3.24. The van der Waals surface area contributed by atoms with E-state index >= 15 is 0 Å². The minimum Gasteiger partial charge on any atom is -0.277 e. The Morgan fingerprint density at radius 2 is 1.94 bits per heavy atom. The number of piperidine rings is 1. The molecule has 1 fully saturated rings. The lowest BCUT2D eigenvalue weighted by Gasteiger charge is -2.40. The third-order valence-corrected chi connectivity index (χ3v) is 4.26. The fourth-order valence-electron chi connectivity index (χ4n) is 1.97. The average molecular weight is 235 g/mol. The minimum atomic E-state index is -0.0319. The van der Waals surface area contributed by atoms with Crippen LogP contribution in [0.2, 0.25) is 0 Å². The Morgan fingerprint density at radius 3 is 2.56 bits per heavy atom. The summed E-state index contributed by atoms with van der Waals surface area (Å²) in [5, 5.41) is 0. The zero-order chi connectivity index (χ0) is 11.6. The molecule has 0 atom stereocenters. The van der Waals surface area contributed by atoms with E-state index in [1.165, 1.54) is 0 Å². The van der Waals surface area contributed by atoms with Crippen molar-refractivity contribution in [3.05, 3.63) is 30.3 Å². The lowest BCUT2D eigenvalue weighted by atomic mass is 9.93. The second-order valence-corrected chi connectivity index (χ2v) is 5.78. The average Bonchev–Trinajstić information content (AvgIpc) is 2.25. The summed E-state index contributed by atoms with van der Waals surface area (Å²) < 4.78 is 1.94. The Balaban J connectivity index is 2.15. The molecule has 1 aromatic carbocycles. The summed E-state index contributed by atoms with van der Waals surface area (Å²) in [5.41, 5.74) is -0.0319. The van der Waals surface area contributed by atoms with Gasteiger partial charge in [0.25, 0.3) is 0 Å². The van der Waals surface area contributed by atoms with Crippen LogP contribution in [0.25, 0.3) is 0 Å². The van der Waals surface area contributed by atoms with Crippen LogP contribution in [0.3, 0.4) is 0 Å². The summed E-state index contributed by atoms with van der Waals surface area (Å²) in [6.45, 7) is 4.28. The molecule has 1 heterocycles. The second kappa shape index (κ2) is 4.50. The van der Waals surface area contributed by atoms with Crippen LogP contribution in [0.1, 0.15) is 33.1 Å². The predicted octanol–water partition coefficient (Wildman–Crippen LogP) is 3.48. The number of amides is 1. The first-order chi connectivity index (χ1) is 7.59. The Labute approximate surface area is 101 Å². The van der Waals surface area contributed by atoms with Gasteiger partial charge in [-0.2, -0.15) is 0 Å². The zero-order valence-corrected chi connectivity index (χ0v) is 10.6. The molecule has 0 aromatic heterocycles. The highest BCUT2D eigenvalue weighted by Crippen LogP contribution is 2.37. The molecule has 0 bridgehead atoms. The molecule has 3 heteroatoms. The monoisotopic (exact) mass is 235 g/mol. The van der Waals surface area contributed by atoms with E-state index in [1.54, 1.807) is 11.9 Å². The number of hydrogen-bond acceptors (Lipinski definition) is 2. The molecular weight excluding hydrogens is 218 g/mol. The molecule has 1 saturated heterocycles. The lowest BCUT2D eigenvalue weighted by Crippen LogP contribution is -2.46. The summed E-state index contributed by atoms with van der Waals surface area (Å²) in [6, 6.07) is 10.1. The van der Waals surface area contributed by atoms with Gasteiger partial charge in [0, 0.05) is 16.9 Å². The molecule has 2 rings (SSSR count). The van der Waals surface area contributed by atoms with Crippen LogP contribution in [0.5, 0.6) is 0 Å². The normalized spacial score (nSPS) is 19.9. The molecule has 1 amide bonds. The van der Waals surface area contributed by atoms with Crippen molar-refractivity contribution in [2.45, 2.75) is 43.5 Å². The van der Waals surface area contributed by atoms with Crippen LogP contribution in [-0.4, -0.2) is 15.8 Å². The van der Waals surface area contributed by atoms with Crippen molar-refractivity contribution < 1.29 is 4.79 Å². The van der Waals surface area contributed by atoms with Crippen molar-refractivity contribution in [2.24, 2.45) is 0 Å². The van der Waals surface area contributed by atoms with Gasteiger partial charge in [-0.15, -0.1) is 0 Å². The molecule has 16 heavy (non-hydrogen) atoms. The molecule has 1 aliphatic rings. The van der Waals surface area contributed by atoms with Gasteiger partial charge in [0.2, 0.25) is 5.91 Å². The number of benzene rings is 1. The van der Waals surface area contributed by atoms with Gasteiger partial charge < -0.3 is 0 Å². The summed E-state index contributed by atoms with van der Waals surface area (Å²) in [7, 11) is 0. The van der Waals surface area contributed by atoms with Crippen molar-refractivity contribution in [3.8, 4) is 0 Å². The Morgan fingerprint density at radius 1 is 1.25 bits per heavy atom. The highest BCUT2D eigenvalue weighted by Gasteiger charge is 2.35. The van der Waals surface area contributed by atoms with E-state index in [9.17, 15) is 4.79 Å². The third-order valence-electron chi connectivity index (χ3n) is 2.90. The van der Waals surface area contributed by atoms with Gasteiger partial charge in [-0.05, 0) is 50.8 Å². The summed E-state index contributed by atoms with van der Waals surface area (Å²) in [6.07, 6.45) is 2.78. The second-order valence-electron chi connectivity index (χ2n) is 4.76. The summed E-state index contributed by atoms with van der Waals surface area (Å²) >= 11 is 1.56. The predicted molar refractivity (Wildman–Crippen MR) is 67.1 cm³/mol. The zero-order valence-electron chi connectivity index (χ0n) is 9.77.